The number of amides is 2. The lowest BCUT2D eigenvalue weighted by atomic mass is 10.1. The summed E-state index contributed by atoms with van der Waals surface area (Å²) in [5.41, 5.74) is 12.8. The fourth-order valence-corrected chi connectivity index (χ4v) is 2.44. The number of hydrogen-bond acceptors (Lipinski definition) is 4. The van der Waals surface area contributed by atoms with Gasteiger partial charge >= 0.3 is 0 Å². The Morgan fingerprint density at radius 2 is 1.62 bits per heavy atom. The van der Waals surface area contributed by atoms with E-state index in [2.05, 4.69) is 5.32 Å². The van der Waals surface area contributed by atoms with Crippen molar-refractivity contribution >= 4 is 23.2 Å². The number of nitrogens with zero attached hydrogens (tertiary/aromatic N) is 1. The van der Waals surface area contributed by atoms with Crippen LogP contribution in [-0.2, 0) is 0 Å². The second-order valence-corrected chi connectivity index (χ2v) is 5.58. The van der Waals surface area contributed by atoms with Crippen molar-refractivity contribution in [3.8, 4) is 5.69 Å². The topological polar surface area (TPSA) is 120 Å². The molecule has 0 saturated heterocycles. The Bertz CT molecular complexity index is 1040. The number of pyridine rings is 1. The van der Waals surface area contributed by atoms with Crippen molar-refractivity contribution in [2.45, 2.75) is 0 Å². The van der Waals surface area contributed by atoms with E-state index in [1.54, 1.807) is 42.6 Å². The number of primary amides is 1. The van der Waals surface area contributed by atoms with Gasteiger partial charge in [0.2, 0.25) is 5.91 Å². The standard InChI is InChI=1S/C19H16N4O3/c20-15-11-13(18(21)25)6-9-16(15)22-19(26)12-4-7-14(8-5-12)23-10-2-1-3-17(23)24/h1-11H,20H2,(H2,21,25)(H,22,26). The maximum absolute atomic E-state index is 12.4. The third-order valence-electron chi connectivity index (χ3n) is 3.81. The smallest absolute Gasteiger partial charge is 0.255 e. The van der Waals surface area contributed by atoms with Crippen LogP contribution in [0.3, 0.4) is 0 Å². The van der Waals surface area contributed by atoms with Gasteiger partial charge in [0.25, 0.3) is 11.5 Å². The van der Waals surface area contributed by atoms with Gasteiger partial charge in [-0.05, 0) is 48.5 Å². The van der Waals surface area contributed by atoms with Crippen molar-refractivity contribution in [2.75, 3.05) is 11.1 Å². The molecule has 0 fully saturated rings. The maximum atomic E-state index is 12.4. The second-order valence-electron chi connectivity index (χ2n) is 5.58. The molecule has 2 aromatic carbocycles. The molecule has 2 amide bonds. The van der Waals surface area contributed by atoms with Gasteiger partial charge in [-0.2, -0.15) is 0 Å². The summed E-state index contributed by atoms with van der Waals surface area (Å²) in [6.45, 7) is 0. The van der Waals surface area contributed by atoms with Crippen molar-refractivity contribution in [3.63, 3.8) is 0 Å². The predicted molar refractivity (Wildman–Crippen MR) is 99.4 cm³/mol. The van der Waals surface area contributed by atoms with Gasteiger partial charge in [-0.3, -0.25) is 19.0 Å². The third-order valence-corrected chi connectivity index (χ3v) is 3.81. The average molecular weight is 348 g/mol. The highest BCUT2D eigenvalue weighted by molar-refractivity contribution is 6.06. The zero-order valence-corrected chi connectivity index (χ0v) is 13.7. The SMILES string of the molecule is NC(=O)c1ccc(NC(=O)c2ccc(-n3ccccc3=O)cc2)c(N)c1. The Morgan fingerprint density at radius 1 is 0.923 bits per heavy atom. The number of anilines is 2. The highest BCUT2D eigenvalue weighted by Crippen LogP contribution is 2.21. The van der Waals surface area contributed by atoms with Crippen LogP contribution >= 0.6 is 0 Å². The molecule has 0 aliphatic carbocycles. The summed E-state index contributed by atoms with van der Waals surface area (Å²) >= 11 is 0. The molecule has 0 atom stereocenters. The Balaban J connectivity index is 1.80. The summed E-state index contributed by atoms with van der Waals surface area (Å²) in [7, 11) is 0. The molecule has 130 valence electrons. The minimum atomic E-state index is -0.596. The third kappa shape index (κ3) is 3.46. The Hall–Kier alpha value is -3.87. The lowest BCUT2D eigenvalue weighted by molar-refractivity contribution is 0.0998. The molecule has 0 aliphatic rings. The molecule has 3 rings (SSSR count). The fraction of sp³-hybridized carbons (Fsp3) is 0. The molecule has 0 saturated carbocycles. The van der Waals surface area contributed by atoms with Gasteiger partial charge in [-0.25, -0.2) is 0 Å². The normalized spacial score (nSPS) is 10.3. The number of nitrogen functional groups attached to an aromatic ring is 1. The number of nitrogens with one attached hydrogen (secondary N) is 1. The van der Waals surface area contributed by atoms with E-state index in [-0.39, 0.29) is 22.7 Å². The van der Waals surface area contributed by atoms with E-state index in [0.717, 1.165) is 0 Å². The molecule has 1 heterocycles. The highest BCUT2D eigenvalue weighted by atomic mass is 16.2. The number of carbonyl (C=O) groups excluding carboxylic acids is 2. The monoisotopic (exact) mass is 348 g/mol. The van der Waals surface area contributed by atoms with Crippen LogP contribution in [0, 0.1) is 0 Å². The minimum Gasteiger partial charge on any atom is -0.397 e. The molecule has 7 heteroatoms. The maximum Gasteiger partial charge on any atom is 0.255 e. The largest absolute Gasteiger partial charge is 0.397 e. The summed E-state index contributed by atoms with van der Waals surface area (Å²) in [6, 6.07) is 15.9. The van der Waals surface area contributed by atoms with Gasteiger partial charge in [0.1, 0.15) is 0 Å². The summed E-state index contributed by atoms with van der Waals surface area (Å²) in [4.78, 5) is 35.3. The summed E-state index contributed by atoms with van der Waals surface area (Å²) in [5.74, 6) is -0.961. The van der Waals surface area contributed by atoms with E-state index in [1.165, 1.54) is 28.8 Å². The van der Waals surface area contributed by atoms with Crippen LogP contribution in [0.5, 0.6) is 0 Å². The number of rotatable bonds is 4. The molecular formula is C19H16N4O3. The van der Waals surface area contributed by atoms with Crippen molar-refractivity contribution < 1.29 is 9.59 Å². The van der Waals surface area contributed by atoms with Gasteiger partial charge in [-0.1, -0.05) is 6.07 Å². The summed E-state index contributed by atoms with van der Waals surface area (Å²) < 4.78 is 1.47. The molecule has 0 radical (unpaired) electrons. The molecule has 0 aliphatic heterocycles. The first kappa shape index (κ1) is 17.0. The van der Waals surface area contributed by atoms with Crippen molar-refractivity contribution in [2.24, 2.45) is 5.73 Å². The van der Waals surface area contributed by atoms with E-state index < -0.39 is 5.91 Å². The predicted octanol–water partition coefficient (Wildman–Crippen LogP) is 1.77. The molecule has 5 N–H and O–H groups in total. The van der Waals surface area contributed by atoms with E-state index in [0.29, 0.717) is 16.9 Å². The molecule has 1 aromatic heterocycles. The van der Waals surface area contributed by atoms with Crippen LogP contribution in [0.15, 0.2) is 71.7 Å². The molecular weight excluding hydrogens is 332 g/mol. The van der Waals surface area contributed by atoms with Crippen LogP contribution in [0.1, 0.15) is 20.7 Å². The fourth-order valence-electron chi connectivity index (χ4n) is 2.44. The zero-order valence-electron chi connectivity index (χ0n) is 13.7. The number of hydrogen-bond donors (Lipinski definition) is 3. The molecule has 7 nitrogen and oxygen atoms in total. The van der Waals surface area contributed by atoms with Gasteiger partial charge < -0.3 is 16.8 Å². The van der Waals surface area contributed by atoms with Crippen LogP contribution in [-0.4, -0.2) is 16.4 Å². The first-order valence-corrected chi connectivity index (χ1v) is 7.74. The average Bonchev–Trinajstić information content (AvgIpc) is 2.63. The first-order valence-electron chi connectivity index (χ1n) is 7.74. The van der Waals surface area contributed by atoms with E-state index in [1.807, 2.05) is 0 Å². The van der Waals surface area contributed by atoms with Crippen LogP contribution in [0.25, 0.3) is 5.69 Å². The van der Waals surface area contributed by atoms with Crippen molar-refractivity contribution in [1.82, 2.24) is 4.57 Å². The van der Waals surface area contributed by atoms with Gasteiger partial charge in [0.05, 0.1) is 11.4 Å². The van der Waals surface area contributed by atoms with E-state index in [9.17, 15) is 14.4 Å². The number of aromatic nitrogens is 1. The number of benzene rings is 2. The molecule has 0 unspecified atom stereocenters. The molecule has 26 heavy (non-hydrogen) atoms. The molecule has 0 bridgehead atoms. The van der Waals surface area contributed by atoms with Gasteiger partial charge in [0, 0.05) is 29.1 Å². The van der Waals surface area contributed by atoms with E-state index >= 15 is 0 Å². The Labute approximate surface area is 148 Å². The Morgan fingerprint density at radius 3 is 2.23 bits per heavy atom. The van der Waals surface area contributed by atoms with Crippen molar-refractivity contribution in [1.29, 1.82) is 0 Å². The van der Waals surface area contributed by atoms with Gasteiger partial charge in [0.15, 0.2) is 0 Å². The summed E-state index contributed by atoms with van der Waals surface area (Å²) in [6.07, 6.45) is 1.65. The first-order chi connectivity index (χ1) is 12.5. The number of carbonyl (C=O) groups is 2. The summed E-state index contributed by atoms with van der Waals surface area (Å²) in [5, 5.41) is 2.68. The van der Waals surface area contributed by atoms with Crippen molar-refractivity contribution in [3.05, 3.63) is 88.3 Å². The molecule has 0 spiro atoms. The Kier molecular flexibility index (Phi) is 4.53. The van der Waals surface area contributed by atoms with Crippen LogP contribution < -0.4 is 22.3 Å². The van der Waals surface area contributed by atoms with E-state index in [4.69, 9.17) is 11.5 Å². The lowest BCUT2D eigenvalue weighted by Gasteiger charge is -2.10. The van der Waals surface area contributed by atoms with Crippen LogP contribution in [0.2, 0.25) is 0 Å². The quantitative estimate of drug-likeness (QED) is 0.622. The van der Waals surface area contributed by atoms with Gasteiger partial charge in [-0.15, -0.1) is 0 Å². The second kappa shape index (κ2) is 6.94. The van der Waals surface area contributed by atoms with Crippen LogP contribution in [0.4, 0.5) is 11.4 Å². The highest BCUT2D eigenvalue weighted by Gasteiger charge is 2.10. The number of nitrogens with two attached hydrogens (primary N) is 2. The zero-order chi connectivity index (χ0) is 18.7. The lowest BCUT2D eigenvalue weighted by Crippen LogP contribution is -2.17. The minimum absolute atomic E-state index is 0.160. The molecule has 3 aromatic rings.